The average molecular weight is 390 g/mol. The molecule has 1 heterocycles. The Bertz CT molecular complexity index is 837. The van der Waals surface area contributed by atoms with Gasteiger partial charge < -0.3 is 19.8 Å². The molecule has 0 aliphatic carbocycles. The minimum atomic E-state index is -1.03. The van der Waals surface area contributed by atoms with Crippen LogP contribution in [0.1, 0.15) is 25.8 Å². The first kappa shape index (κ1) is 19.5. The Labute approximate surface area is 164 Å². The van der Waals surface area contributed by atoms with Crippen LogP contribution in [0.3, 0.4) is 0 Å². The number of amides is 1. The number of hydrogen-bond acceptors (Lipinski definition) is 4. The number of fused-ring (bicyclic) bond motifs is 1. The molecule has 2 aromatic rings. The van der Waals surface area contributed by atoms with Gasteiger partial charge in [0.25, 0.3) is 5.91 Å². The fourth-order valence-electron chi connectivity index (χ4n) is 3.28. The lowest BCUT2D eigenvalue weighted by molar-refractivity contribution is -0.141. The van der Waals surface area contributed by atoms with E-state index in [9.17, 15) is 15.0 Å². The van der Waals surface area contributed by atoms with Crippen LogP contribution in [0.15, 0.2) is 36.4 Å². The number of phenols is 1. The average Bonchev–Trinajstić information content (AvgIpc) is 2.83. The summed E-state index contributed by atoms with van der Waals surface area (Å²) in [6, 6.07) is 10.9. The Balaban J connectivity index is 1.91. The molecule has 0 aromatic heterocycles. The Morgan fingerprint density at radius 2 is 2.04 bits per heavy atom. The second-order valence-corrected chi connectivity index (χ2v) is 7.68. The third-order valence-electron chi connectivity index (χ3n) is 4.56. The van der Waals surface area contributed by atoms with Crippen LogP contribution < -0.4 is 4.74 Å². The van der Waals surface area contributed by atoms with Gasteiger partial charge in [0.05, 0.1) is 6.54 Å². The van der Waals surface area contributed by atoms with Gasteiger partial charge >= 0.3 is 0 Å². The molecule has 1 unspecified atom stereocenters. The number of carbonyl (C=O) groups is 1. The van der Waals surface area contributed by atoms with E-state index in [1.807, 2.05) is 38.1 Å². The quantitative estimate of drug-likeness (QED) is 0.833. The second kappa shape index (κ2) is 8.19. The fraction of sp³-hybridized carbons (Fsp3) is 0.381. The normalized spacial score (nSPS) is 15.1. The van der Waals surface area contributed by atoms with Crippen molar-refractivity contribution in [3.63, 3.8) is 0 Å². The predicted molar refractivity (Wildman–Crippen MR) is 105 cm³/mol. The standard InChI is InChI=1S/C21H24ClNO4/c1-13(2)8-19(25)21(26)23-6-7-27-20-16(12-23)9-15(11-18(20)24)14-4-3-5-17(22)10-14/h3-5,9-11,13,19,24-25H,6-8,12H2,1-2H3. The largest absolute Gasteiger partial charge is 0.504 e. The molecule has 3 rings (SSSR count). The van der Waals surface area contributed by atoms with E-state index in [1.54, 1.807) is 17.0 Å². The van der Waals surface area contributed by atoms with E-state index < -0.39 is 6.10 Å². The molecule has 1 atom stereocenters. The van der Waals surface area contributed by atoms with Crippen molar-refractivity contribution in [2.24, 2.45) is 5.92 Å². The van der Waals surface area contributed by atoms with Crippen LogP contribution >= 0.6 is 11.6 Å². The third kappa shape index (κ3) is 4.54. The number of ether oxygens (including phenoxy) is 1. The number of benzene rings is 2. The molecular formula is C21H24ClNO4. The summed E-state index contributed by atoms with van der Waals surface area (Å²) >= 11 is 6.08. The van der Waals surface area contributed by atoms with Gasteiger partial charge in [-0.15, -0.1) is 0 Å². The van der Waals surface area contributed by atoms with Crippen LogP contribution in [0.4, 0.5) is 0 Å². The summed E-state index contributed by atoms with van der Waals surface area (Å²) in [7, 11) is 0. The summed E-state index contributed by atoms with van der Waals surface area (Å²) in [6.45, 7) is 4.82. The molecule has 0 radical (unpaired) electrons. The molecule has 27 heavy (non-hydrogen) atoms. The van der Waals surface area contributed by atoms with Crippen molar-refractivity contribution in [1.29, 1.82) is 0 Å². The molecule has 1 aliphatic rings. The highest BCUT2D eigenvalue weighted by atomic mass is 35.5. The SMILES string of the molecule is CC(C)CC(O)C(=O)N1CCOc2c(O)cc(-c3cccc(Cl)c3)cc2C1. The first-order valence-electron chi connectivity index (χ1n) is 9.06. The number of carbonyl (C=O) groups excluding carboxylic acids is 1. The predicted octanol–water partition coefficient (Wildman–Crippen LogP) is 3.84. The van der Waals surface area contributed by atoms with Gasteiger partial charge in [-0.2, -0.15) is 0 Å². The van der Waals surface area contributed by atoms with Crippen LogP contribution in [-0.2, 0) is 11.3 Å². The van der Waals surface area contributed by atoms with Gasteiger partial charge in [-0.1, -0.05) is 37.6 Å². The number of hydrogen-bond donors (Lipinski definition) is 2. The Morgan fingerprint density at radius 1 is 1.26 bits per heavy atom. The molecule has 0 bridgehead atoms. The number of phenolic OH excluding ortho intramolecular Hbond substituents is 1. The van der Waals surface area contributed by atoms with Crippen LogP contribution in [0.25, 0.3) is 11.1 Å². The lowest BCUT2D eigenvalue weighted by Crippen LogP contribution is -2.40. The minimum absolute atomic E-state index is 0.0273. The van der Waals surface area contributed by atoms with Gasteiger partial charge in [-0.3, -0.25) is 4.79 Å². The van der Waals surface area contributed by atoms with Crippen molar-refractivity contribution in [2.75, 3.05) is 13.2 Å². The lowest BCUT2D eigenvalue weighted by atomic mass is 10.0. The van der Waals surface area contributed by atoms with Crippen molar-refractivity contribution < 1.29 is 19.7 Å². The number of aromatic hydroxyl groups is 1. The van der Waals surface area contributed by atoms with Crippen molar-refractivity contribution in [2.45, 2.75) is 32.9 Å². The van der Waals surface area contributed by atoms with Crippen molar-refractivity contribution >= 4 is 17.5 Å². The molecule has 2 N–H and O–H groups in total. The fourth-order valence-corrected chi connectivity index (χ4v) is 3.47. The number of rotatable bonds is 4. The molecule has 0 spiro atoms. The third-order valence-corrected chi connectivity index (χ3v) is 4.80. The second-order valence-electron chi connectivity index (χ2n) is 7.25. The van der Waals surface area contributed by atoms with E-state index >= 15 is 0 Å². The van der Waals surface area contributed by atoms with Gasteiger partial charge in [0.2, 0.25) is 0 Å². The first-order chi connectivity index (χ1) is 12.8. The number of nitrogens with zero attached hydrogens (tertiary/aromatic N) is 1. The zero-order valence-electron chi connectivity index (χ0n) is 15.5. The summed E-state index contributed by atoms with van der Waals surface area (Å²) in [4.78, 5) is 14.2. The van der Waals surface area contributed by atoms with E-state index in [0.29, 0.717) is 29.3 Å². The number of halogens is 1. The van der Waals surface area contributed by atoms with E-state index in [-0.39, 0.29) is 30.7 Å². The molecule has 0 saturated heterocycles. The van der Waals surface area contributed by atoms with Gasteiger partial charge in [-0.25, -0.2) is 0 Å². The van der Waals surface area contributed by atoms with Gasteiger partial charge in [0.1, 0.15) is 12.7 Å². The van der Waals surface area contributed by atoms with Crippen molar-refractivity contribution in [3.05, 3.63) is 47.0 Å². The molecule has 1 aliphatic heterocycles. The molecule has 0 saturated carbocycles. The molecule has 5 nitrogen and oxygen atoms in total. The van der Waals surface area contributed by atoms with Gasteiger partial charge in [-0.05, 0) is 47.7 Å². The highest BCUT2D eigenvalue weighted by molar-refractivity contribution is 6.30. The maximum atomic E-state index is 12.6. The minimum Gasteiger partial charge on any atom is -0.504 e. The van der Waals surface area contributed by atoms with Crippen LogP contribution in [0.2, 0.25) is 5.02 Å². The molecular weight excluding hydrogens is 366 g/mol. The summed E-state index contributed by atoms with van der Waals surface area (Å²) in [6.07, 6.45) is -0.618. The zero-order chi connectivity index (χ0) is 19.6. The summed E-state index contributed by atoms with van der Waals surface area (Å²) < 4.78 is 5.68. The van der Waals surface area contributed by atoms with E-state index in [2.05, 4.69) is 0 Å². The smallest absolute Gasteiger partial charge is 0.251 e. The Hall–Kier alpha value is -2.24. The molecule has 1 amide bonds. The van der Waals surface area contributed by atoms with Crippen LogP contribution in [-0.4, -0.2) is 40.3 Å². The lowest BCUT2D eigenvalue weighted by Gasteiger charge is -2.24. The maximum absolute atomic E-state index is 12.6. The van der Waals surface area contributed by atoms with Crippen molar-refractivity contribution in [1.82, 2.24) is 4.90 Å². The van der Waals surface area contributed by atoms with E-state index in [0.717, 1.165) is 11.1 Å². The molecule has 2 aromatic carbocycles. The van der Waals surface area contributed by atoms with E-state index in [4.69, 9.17) is 16.3 Å². The van der Waals surface area contributed by atoms with Gasteiger partial charge in [0.15, 0.2) is 11.5 Å². The Kier molecular flexibility index (Phi) is 5.92. The Morgan fingerprint density at radius 3 is 2.74 bits per heavy atom. The molecule has 144 valence electrons. The van der Waals surface area contributed by atoms with E-state index in [1.165, 1.54) is 0 Å². The topological polar surface area (TPSA) is 70.0 Å². The highest BCUT2D eigenvalue weighted by Gasteiger charge is 2.27. The van der Waals surface area contributed by atoms with Gasteiger partial charge in [0, 0.05) is 17.1 Å². The summed E-state index contributed by atoms with van der Waals surface area (Å²) in [5.74, 6) is 0.319. The maximum Gasteiger partial charge on any atom is 0.251 e. The number of aliphatic hydroxyl groups excluding tert-OH is 1. The summed E-state index contributed by atoms with van der Waals surface area (Å²) in [5.41, 5.74) is 2.35. The summed E-state index contributed by atoms with van der Waals surface area (Å²) in [5, 5.41) is 21.2. The molecule has 0 fully saturated rings. The van der Waals surface area contributed by atoms with Crippen molar-refractivity contribution in [3.8, 4) is 22.6 Å². The first-order valence-corrected chi connectivity index (χ1v) is 9.44. The number of aliphatic hydroxyl groups is 1. The van der Waals surface area contributed by atoms with Crippen LogP contribution in [0.5, 0.6) is 11.5 Å². The monoisotopic (exact) mass is 389 g/mol. The molecule has 6 heteroatoms. The zero-order valence-corrected chi connectivity index (χ0v) is 16.2. The highest BCUT2D eigenvalue weighted by Crippen LogP contribution is 2.38. The van der Waals surface area contributed by atoms with Crippen LogP contribution in [0, 0.1) is 5.92 Å².